The molecular formula is C7H9NOS. The molecule has 3 rings (SSSR count). The maximum absolute atomic E-state index is 11.1. The van der Waals surface area contributed by atoms with E-state index in [1.54, 1.807) is 0 Å². The van der Waals surface area contributed by atoms with E-state index in [0.29, 0.717) is 18.2 Å². The van der Waals surface area contributed by atoms with E-state index in [9.17, 15) is 4.79 Å². The van der Waals surface area contributed by atoms with Crippen molar-refractivity contribution in [2.24, 2.45) is 5.92 Å². The summed E-state index contributed by atoms with van der Waals surface area (Å²) >= 11 is 5.00. The van der Waals surface area contributed by atoms with E-state index >= 15 is 0 Å². The zero-order valence-electron chi connectivity index (χ0n) is 5.59. The Hall–Kier alpha value is -0.440. The van der Waals surface area contributed by atoms with Crippen LogP contribution >= 0.6 is 12.2 Å². The molecule has 2 saturated heterocycles. The number of ketones is 1. The SMILES string of the molecule is O=C1CC2CCC1C(=S)N2. The molecule has 1 aliphatic carbocycles. The molecule has 0 spiro atoms. The number of fused-ring (bicyclic) bond motifs is 3. The Balaban J connectivity index is 2.26. The van der Waals surface area contributed by atoms with Crippen molar-refractivity contribution in [1.29, 1.82) is 0 Å². The average Bonchev–Trinajstić information content (AvgIpc) is 1.86. The van der Waals surface area contributed by atoms with Gasteiger partial charge in [0.2, 0.25) is 0 Å². The van der Waals surface area contributed by atoms with Gasteiger partial charge < -0.3 is 5.32 Å². The molecule has 0 amide bonds. The largest absolute Gasteiger partial charge is 0.376 e. The Morgan fingerprint density at radius 1 is 1.50 bits per heavy atom. The maximum atomic E-state index is 11.1. The standard InChI is InChI=1S/C7H9NOS/c9-6-3-4-1-2-5(6)7(10)8-4/h4-5H,1-3H2,(H,8,10). The fourth-order valence-corrected chi connectivity index (χ4v) is 2.13. The predicted molar refractivity (Wildman–Crippen MR) is 41.9 cm³/mol. The number of piperidine rings is 2. The van der Waals surface area contributed by atoms with Crippen LogP contribution in [0.3, 0.4) is 0 Å². The van der Waals surface area contributed by atoms with Gasteiger partial charge in [-0.25, -0.2) is 0 Å². The van der Waals surface area contributed by atoms with E-state index in [0.717, 1.165) is 17.8 Å². The highest BCUT2D eigenvalue weighted by Crippen LogP contribution is 2.27. The average molecular weight is 155 g/mol. The number of thiocarbonyl (C=S) groups is 1. The van der Waals surface area contributed by atoms with Gasteiger partial charge in [0.05, 0.1) is 10.9 Å². The van der Waals surface area contributed by atoms with E-state index in [2.05, 4.69) is 5.32 Å². The predicted octanol–water partition coefficient (Wildman–Crippen LogP) is 0.655. The van der Waals surface area contributed by atoms with Crippen molar-refractivity contribution < 1.29 is 4.79 Å². The van der Waals surface area contributed by atoms with Crippen molar-refractivity contribution in [3.05, 3.63) is 0 Å². The second-order valence-electron chi connectivity index (χ2n) is 3.01. The number of Topliss-reactive ketones (excluding diaryl/α,β-unsaturated/α-hetero) is 1. The lowest BCUT2D eigenvalue weighted by atomic mass is 9.80. The van der Waals surface area contributed by atoms with Gasteiger partial charge in [0, 0.05) is 12.5 Å². The monoisotopic (exact) mass is 155 g/mol. The molecule has 2 heterocycles. The minimum absolute atomic E-state index is 0.0694. The van der Waals surface area contributed by atoms with Crippen LogP contribution in [-0.2, 0) is 4.79 Å². The molecule has 3 heteroatoms. The smallest absolute Gasteiger partial charge is 0.144 e. The van der Waals surface area contributed by atoms with E-state index in [-0.39, 0.29) is 5.92 Å². The van der Waals surface area contributed by atoms with Gasteiger partial charge in [-0.3, -0.25) is 4.79 Å². The van der Waals surface area contributed by atoms with Crippen LogP contribution in [0, 0.1) is 5.92 Å². The van der Waals surface area contributed by atoms with Gasteiger partial charge >= 0.3 is 0 Å². The summed E-state index contributed by atoms with van der Waals surface area (Å²) in [5.41, 5.74) is 0. The highest BCUT2D eigenvalue weighted by Gasteiger charge is 2.37. The van der Waals surface area contributed by atoms with Gasteiger partial charge in [0.15, 0.2) is 0 Å². The van der Waals surface area contributed by atoms with Gasteiger partial charge in [-0.05, 0) is 12.8 Å². The molecule has 2 aliphatic heterocycles. The third-order valence-electron chi connectivity index (χ3n) is 2.30. The fourth-order valence-electron chi connectivity index (χ4n) is 1.72. The summed E-state index contributed by atoms with van der Waals surface area (Å²) in [6.07, 6.45) is 2.80. The lowest BCUT2D eigenvalue weighted by molar-refractivity contribution is -0.123. The summed E-state index contributed by atoms with van der Waals surface area (Å²) in [4.78, 5) is 11.9. The first-order valence-electron chi connectivity index (χ1n) is 3.60. The zero-order chi connectivity index (χ0) is 7.14. The second-order valence-corrected chi connectivity index (χ2v) is 3.45. The molecule has 3 fully saturated rings. The molecule has 0 aromatic rings. The minimum atomic E-state index is 0.0694. The molecule has 2 atom stereocenters. The molecule has 2 unspecified atom stereocenters. The third kappa shape index (κ3) is 0.770. The molecule has 2 bridgehead atoms. The number of carbonyl (C=O) groups excluding carboxylic acids is 1. The van der Waals surface area contributed by atoms with Crippen molar-refractivity contribution in [1.82, 2.24) is 5.32 Å². The van der Waals surface area contributed by atoms with Crippen molar-refractivity contribution in [2.75, 3.05) is 0 Å². The first-order chi connectivity index (χ1) is 4.77. The number of hydrogen-bond acceptors (Lipinski definition) is 2. The topological polar surface area (TPSA) is 29.1 Å². The Bertz CT molecular complexity index is 184. The van der Waals surface area contributed by atoms with Gasteiger partial charge in [-0.1, -0.05) is 12.2 Å². The summed E-state index contributed by atoms with van der Waals surface area (Å²) in [7, 11) is 0. The minimum Gasteiger partial charge on any atom is -0.376 e. The molecule has 1 saturated carbocycles. The number of rotatable bonds is 0. The summed E-state index contributed by atoms with van der Waals surface area (Å²) in [6.45, 7) is 0. The van der Waals surface area contributed by atoms with Crippen molar-refractivity contribution in [2.45, 2.75) is 25.3 Å². The molecule has 3 aliphatic rings. The highest BCUT2D eigenvalue weighted by molar-refractivity contribution is 7.80. The molecule has 10 heavy (non-hydrogen) atoms. The van der Waals surface area contributed by atoms with Gasteiger partial charge in [0.1, 0.15) is 5.78 Å². The lowest BCUT2D eigenvalue weighted by Crippen LogP contribution is -2.52. The maximum Gasteiger partial charge on any atom is 0.144 e. The summed E-state index contributed by atoms with van der Waals surface area (Å²) < 4.78 is 0. The van der Waals surface area contributed by atoms with Gasteiger partial charge in [0.25, 0.3) is 0 Å². The van der Waals surface area contributed by atoms with Gasteiger partial charge in [-0.15, -0.1) is 0 Å². The van der Waals surface area contributed by atoms with Crippen LogP contribution in [0.25, 0.3) is 0 Å². The van der Waals surface area contributed by atoms with Crippen LogP contribution in [-0.4, -0.2) is 16.8 Å². The first-order valence-corrected chi connectivity index (χ1v) is 4.01. The number of hydrogen-bond donors (Lipinski definition) is 1. The number of nitrogens with one attached hydrogen (secondary N) is 1. The van der Waals surface area contributed by atoms with Crippen LogP contribution in [0.4, 0.5) is 0 Å². The zero-order valence-corrected chi connectivity index (χ0v) is 6.41. The summed E-state index contributed by atoms with van der Waals surface area (Å²) in [6, 6.07) is 0.366. The molecule has 0 radical (unpaired) electrons. The van der Waals surface area contributed by atoms with Crippen molar-refractivity contribution >= 4 is 23.0 Å². The van der Waals surface area contributed by atoms with Crippen LogP contribution < -0.4 is 5.32 Å². The van der Waals surface area contributed by atoms with Crippen LogP contribution in [0.15, 0.2) is 0 Å². The van der Waals surface area contributed by atoms with Crippen LogP contribution in [0.1, 0.15) is 19.3 Å². The molecule has 2 nitrogen and oxygen atoms in total. The second kappa shape index (κ2) is 2.02. The molecular weight excluding hydrogens is 146 g/mol. The highest BCUT2D eigenvalue weighted by atomic mass is 32.1. The normalized spacial score (nSPS) is 38.0. The summed E-state index contributed by atoms with van der Waals surface area (Å²) in [5.74, 6) is 0.417. The van der Waals surface area contributed by atoms with E-state index < -0.39 is 0 Å². The van der Waals surface area contributed by atoms with E-state index in [4.69, 9.17) is 12.2 Å². The Kier molecular flexibility index (Phi) is 1.27. The Morgan fingerprint density at radius 3 is 2.70 bits per heavy atom. The van der Waals surface area contributed by atoms with E-state index in [1.165, 1.54) is 0 Å². The summed E-state index contributed by atoms with van der Waals surface area (Å²) in [5, 5.41) is 3.16. The molecule has 0 aromatic heterocycles. The van der Waals surface area contributed by atoms with Crippen molar-refractivity contribution in [3.8, 4) is 0 Å². The first kappa shape index (κ1) is 6.28. The number of carbonyl (C=O) groups is 1. The lowest BCUT2D eigenvalue weighted by Gasteiger charge is -2.36. The molecule has 54 valence electrons. The van der Waals surface area contributed by atoms with Crippen LogP contribution in [0.2, 0.25) is 0 Å². The third-order valence-corrected chi connectivity index (χ3v) is 2.71. The fraction of sp³-hybridized carbons (Fsp3) is 0.714. The van der Waals surface area contributed by atoms with E-state index in [1.807, 2.05) is 0 Å². The Morgan fingerprint density at radius 2 is 2.30 bits per heavy atom. The van der Waals surface area contributed by atoms with Crippen molar-refractivity contribution in [3.63, 3.8) is 0 Å². The molecule has 0 aromatic carbocycles. The quantitative estimate of drug-likeness (QED) is 0.521. The van der Waals surface area contributed by atoms with Crippen LogP contribution in [0.5, 0.6) is 0 Å². The molecule has 1 N–H and O–H groups in total. The Labute approximate surface area is 65.0 Å². The van der Waals surface area contributed by atoms with Gasteiger partial charge in [-0.2, -0.15) is 0 Å².